The van der Waals surface area contributed by atoms with Crippen LogP contribution in [0.1, 0.15) is 60.3 Å². The first-order valence-corrected chi connectivity index (χ1v) is 9.47. The average molecular weight is 360 g/mol. The summed E-state index contributed by atoms with van der Waals surface area (Å²) in [7, 11) is 0. The van der Waals surface area contributed by atoms with E-state index in [1.54, 1.807) is 6.08 Å². The van der Waals surface area contributed by atoms with Gasteiger partial charge < -0.3 is 9.84 Å². The van der Waals surface area contributed by atoms with Crippen molar-refractivity contribution in [1.82, 2.24) is 0 Å². The van der Waals surface area contributed by atoms with Crippen molar-refractivity contribution in [1.29, 1.82) is 0 Å². The number of allylic oxidation sites excluding steroid dienone is 4. The summed E-state index contributed by atoms with van der Waals surface area (Å²) in [5, 5.41) is 10.4. The van der Waals surface area contributed by atoms with Crippen LogP contribution >= 0.6 is 0 Å². The van der Waals surface area contributed by atoms with Crippen LogP contribution in [0.4, 0.5) is 0 Å². The molecule has 5 atom stereocenters. The molecule has 5 unspecified atom stereocenters. The predicted octanol–water partition coefficient (Wildman–Crippen LogP) is 4.91. The van der Waals surface area contributed by atoms with Crippen molar-refractivity contribution in [3.63, 3.8) is 0 Å². The van der Waals surface area contributed by atoms with Gasteiger partial charge in [0.1, 0.15) is 6.10 Å². The van der Waals surface area contributed by atoms with Crippen molar-refractivity contribution >= 4 is 11.9 Å². The number of carbonyl (C=O) groups excluding carboxylic acids is 1. The second-order valence-electron chi connectivity index (χ2n) is 8.24. The van der Waals surface area contributed by atoms with Crippen molar-refractivity contribution in [2.75, 3.05) is 0 Å². The highest BCUT2D eigenvalue weighted by atomic mass is 16.5. The molecule has 0 aromatic heterocycles. The van der Waals surface area contributed by atoms with Gasteiger partial charge in [-0.3, -0.25) is 9.59 Å². The second kappa shape index (κ2) is 7.42. The van der Waals surface area contributed by atoms with Crippen molar-refractivity contribution in [2.24, 2.45) is 22.7 Å². The largest absolute Gasteiger partial charge is 0.481 e. The summed E-state index contributed by atoms with van der Waals surface area (Å²) in [5.74, 6) is -1.22. The monoisotopic (exact) mass is 360 g/mol. The van der Waals surface area contributed by atoms with Gasteiger partial charge in [0.05, 0.1) is 5.41 Å². The summed E-state index contributed by atoms with van der Waals surface area (Å²) in [4.78, 5) is 24.4. The third kappa shape index (κ3) is 3.15. The zero-order valence-corrected chi connectivity index (χ0v) is 16.7. The molecule has 0 aliphatic heterocycles. The lowest BCUT2D eigenvalue weighted by atomic mass is 9.45. The SMILES string of the molecule is C=CC(C)=CCC1(C(=O)O)C(C)CC(OC(C)=O)C2(C)C(C)=CCCC21. The normalized spacial score (nSPS) is 37.3. The molecule has 1 fully saturated rings. The first kappa shape index (κ1) is 20.5. The smallest absolute Gasteiger partial charge is 0.310 e. The molecule has 4 nitrogen and oxygen atoms in total. The Morgan fingerprint density at radius 3 is 2.62 bits per heavy atom. The number of fused-ring (bicyclic) bond motifs is 1. The van der Waals surface area contributed by atoms with Crippen LogP contribution in [-0.4, -0.2) is 23.1 Å². The average Bonchev–Trinajstić information content (AvgIpc) is 2.56. The van der Waals surface area contributed by atoms with Crippen LogP contribution in [0.5, 0.6) is 0 Å². The van der Waals surface area contributed by atoms with E-state index < -0.39 is 16.8 Å². The topological polar surface area (TPSA) is 63.6 Å². The Labute approximate surface area is 157 Å². The molecule has 0 bridgehead atoms. The minimum Gasteiger partial charge on any atom is -0.481 e. The lowest BCUT2D eigenvalue weighted by Crippen LogP contribution is -2.61. The lowest BCUT2D eigenvalue weighted by Gasteiger charge is -2.59. The number of carboxylic acid groups (broad SMARTS) is 1. The molecule has 1 saturated carbocycles. The van der Waals surface area contributed by atoms with Gasteiger partial charge in [-0.15, -0.1) is 0 Å². The standard InChI is InChI=1S/C22H32O4/c1-7-14(2)11-12-22(20(24)25)16(4)13-19(26-17(5)23)21(6)15(3)9-8-10-18(21)22/h7,9,11,16,18-19H,1,8,10,12-13H2,2-6H3,(H,24,25). The van der Waals surface area contributed by atoms with Gasteiger partial charge in [-0.05, 0) is 51.4 Å². The van der Waals surface area contributed by atoms with Gasteiger partial charge in [-0.2, -0.15) is 0 Å². The summed E-state index contributed by atoms with van der Waals surface area (Å²) < 4.78 is 5.72. The predicted molar refractivity (Wildman–Crippen MR) is 103 cm³/mol. The van der Waals surface area contributed by atoms with Gasteiger partial charge in [-0.1, -0.05) is 49.8 Å². The zero-order valence-electron chi connectivity index (χ0n) is 16.7. The Hall–Kier alpha value is -1.84. The van der Waals surface area contributed by atoms with Gasteiger partial charge in [0.2, 0.25) is 0 Å². The summed E-state index contributed by atoms with van der Waals surface area (Å²) in [6.07, 6.45) is 8.35. The molecule has 26 heavy (non-hydrogen) atoms. The van der Waals surface area contributed by atoms with Crippen LogP contribution < -0.4 is 0 Å². The second-order valence-corrected chi connectivity index (χ2v) is 8.24. The minimum atomic E-state index is -0.870. The lowest BCUT2D eigenvalue weighted by molar-refractivity contribution is -0.189. The number of hydrogen-bond donors (Lipinski definition) is 1. The molecule has 0 saturated heterocycles. The van der Waals surface area contributed by atoms with E-state index in [1.165, 1.54) is 6.92 Å². The van der Waals surface area contributed by atoms with E-state index in [4.69, 9.17) is 4.74 Å². The molecule has 2 rings (SSSR count). The first-order valence-electron chi connectivity index (χ1n) is 9.47. The molecule has 1 N–H and O–H groups in total. The van der Waals surface area contributed by atoms with Crippen molar-refractivity contribution in [2.45, 2.75) is 66.4 Å². The molecule has 4 heteroatoms. The highest BCUT2D eigenvalue weighted by molar-refractivity contribution is 5.77. The minimum absolute atomic E-state index is 0.0838. The number of ether oxygens (including phenoxy) is 1. The summed E-state index contributed by atoms with van der Waals surface area (Å²) in [6.45, 7) is 13.3. The summed E-state index contributed by atoms with van der Waals surface area (Å²) in [6, 6.07) is 0. The van der Waals surface area contributed by atoms with Gasteiger partial charge in [0.15, 0.2) is 0 Å². The Bertz CT molecular complexity index is 659. The zero-order chi connectivity index (χ0) is 19.7. The maximum atomic E-state index is 12.6. The van der Waals surface area contributed by atoms with Gasteiger partial charge >= 0.3 is 11.9 Å². The van der Waals surface area contributed by atoms with E-state index in [2.05, 4.69) is 26.5 Å². The fourth-order valence-corrected chi connectivity index (χ4v) is 5.23. The molecule has 0 spiro atoms. The molecule has 0 amide bonds. The van der Waals surface area contributed by atoms with E-state index in [0.717, 1.165) is 24.0 Å². The Kier molecular flexibility index (Phi) is 5.84. The van der Waals surface area contributed by atoms with Crippen molar-refractivity contribution in [3.8, 4) is 0 Å². The summed E-state index contributed by atoms with van der Waals surface area (Å²) >= 11 is 0. The van der Waals surface area contributed by atoms with Crippen LogP contribution in [0.3, 0.4) is 0 Å². The summed E-state index contributed by atoms with van der Waals surface area (Å²) in [5.41, 5.74) is 0.808. The maximum absolute atomic E-state index is 12.6. The molecule has 2 aliphatic carbocycles. The van der Waals surface area contributed by atoms with Crippen molar-refractivity contribution < 1.29 is 19.4 Å². The van der Waals surface area contributed by atoms with E-state index in [-0.39, 0.29) is 23.9 Å². The molecule has 0 radical (unpaired) electrons. The van der Waals surface area contributed by atoms with E-state index in [1.807, 2.05) is 19.9 Å². The number of rotatable bonds is 5. The fraction of sp³-hybridized carbons (Fsp3) is 0.636. The van der Waals surface area contributed by atoms with E-state index >= 15 is 0 Å². The number of hydrogen-bond acceptors (Lipinski definition) is 3. The fourth-order valence-electron chi connectivity index (χ4n) is 5.23. The Morgan fingerprint density at radius 1 is 1.42 bits per heavy atom. The molecular formula is C22H32O4. The molecule has 2 aliphatic rings. The number of carbonyl (C=O) groups is 2. The highest BCUT2D eigenvalue weighted by Crippen LogP contribution is 2.62. The quantitative estimate of drug-likeness (QED) is 0.430. The van der Waals surface area contributed by atoms with E-state index in [0.29, 0.717) is 12.8 Å². The van der Waals surface area contributed by atoms with Crippen LogP contribution in [0.25, 0.3) is 0 Å². The number of carboxylic acids is 1. The van der Waals surface area contributed by atoms with E-state index in [9.17, 15) is 14.7 Å². The molecule has 0 aromatic rings. The maximum Gasteiger partial charge on any atom is 0.310 e. The third-order valence-corrected chi connectivity index (χ3v) is 7.01. The third-order valence-electron chi connectivity index (χ3n) is 7.01. The molecule has 0 heterocycles. The Balaban J connectivity index is 2.60. The van der Waals surface area contributed by atoms with Crippen LogP contribution in [0.15, 0.2) is 36.0 Å². The molecule has 0 aromatic carbocycles. The van der Waals surface area contributed by atoms with Gasteiger partial charge in [-0.25, -0.2) is 0 Å². The number of esters is 1. The first-order chi connectivity index (χ1) is 12.1. The van der Waals surface area contributed by atoms with Crippen LogP contribution in [-0.2, 0) is 14.3 Å². The Morgan fingerprint density at radius 2 is 2.08 bits per heavy atom. The van der Waals surface area contributed by atoms with Crippen LogP contribution in [0, 0.1) is 22.7 Å². The highest BCUT2D eigenvalue weighted by Gasteiger charge is 2.63. The molecular weight excluding hydrogens is 328 g/mol. The van der Waals surface area contributed by atoms with Gasteiger partial charge in [0, 0.05) is 12.3 Å². The van der Waals surface area contributed by atoms with Crippen LogP contribution in [0.2, 0.25) is 0 Å². The van der Waals surface area contributed by atoms with Crippen molar-refractivity contribution in [3.05, 3.63) is 36.0 Å². The number of aliphatic carboxylic acids is 1. The van der Waals surface area contributed by atoms with Gasteiger partial charge in [0.25, 0.3) is 0 Å². The molecule has 144 valence electrons.